The highest BCUT2D eigenvalue weighted by molar-refractivity contribution is 7.90. The van der Waals surface area contributed by atoms with Gasteiger partial charge < -0.3 is 9.64 Å². The van der Waals surface area contributed by atoms with Crippen molar-refractivity contribution in [3.8, 4) is 5.75 Å². The Morgan fingerprint density at radius 3 is 2.44 bits per heavy atom. The van der Waals surface area contributed by atoms with Gasteiger partial charge in [-0.2, -0.15) is 0 Å². The molecule has 1 fully saturated rings. The first-order valence-electron chi connectivity index (χ1n) is 13.2. The number of hydrogen-bond acceptors (Lipinski definition) is 6. The molecule has 218 valence electrons. The molecule has 2 amide bonds. The molecule has 4 rings (SSSR count). The van der Waals surface area contributed by atoms with Crippen molar-refractivity contribution in [3.63, 3.8) is 0 Å². The van der Waals surface area contributed by atoms with Crippen molar-refractivity contribution in [1.29, 1.82) is 0 Å². The summed E-state index contributed by atoms with van der Waals surface area (Å²) in [6.45, 7) is 7.19. The van der Waals surface area contributed by atoms with E-state index >= 15 is 0 Å². The molecule has 1 heterocycles. The molecule has 0 saturated carbocycles. The largest absolute Gasteiger partial charge is 0.483 e. The summed E-state index contributed by atoms with van der Waals surface area (Å²) in [4.78, 5) is 29.9. The van der Waals surface area contributed by atoms with E-state index in [9.17, 15) is 22.4 Å². The van der Waals surface area contributed by atoms with E-state index < -0.39 is 15.9 Å². The summed E-state index contributed by atoms with van der Waals surface area (Å²) in [7, 11) is -4.07. The van der Waals surface area contributed by atoms with Crippen LogP contribution in [0, 0.1) is 12.7 Å². The van der Waals surface area contributed by atoms with Gasteiger partial charge in [-0.15, -0.1) is 0 Å². The predicted octanol–water partition coefficient (Wildman–Crippen LogP) is 4.34. The highest BCUT2D eigenvalue weighted by Gasteiger charge is 2.32. The molecule has 3 aromatic carbocycles. The molecule has 41 heavy (non-hydrogen) atoms. The Balaban J connectivity index is 1.37. The van der Waals surface area contributed by atoms with Crippen LogP contribution in [0.2, 0.25) is 5.02 Å². The number of halogens is 2. The summed E-state index contributed by atoms with van der Waals surface area (Å²) >= 11 is 6.15. The molecule has 1 saturated heterocycles. The van der Waals surface area contributed by atoms with Crippen molar-refractivity contribution in [2.24, 2.45) is 0 Å². The van der Waals surface area contributed by atoms with Crippen LogP contribution in [0.5, 0.6) is 5.75 Å². The Kier molecular flexibility index (Phi) is 9.68. The maximum Gasteiger partial charge on any atom is 0.264 e. The third-order valence-electron chi connectivity index (χ3n) is 7.09. The quantitative estimate of drug-likeness (QED) is 0.392. The number of benzene rings is 3. The lowest BCUT2D eigenvalue weighted by atomic mass is 10.1. The molecule has 11 heteroatoms. The number of nitrogens with one attached hydrogen (secondary N) is 1. The fourth-order valence-corrected chi connectivity index (χ4v) is 6.34. The highest BCUT2D eigenvalue weighted by atomic mass is 35.5. The maximum atomic E-state index is 13.3. The molecule has 0 aromatic heterocycles. The average molecular weight is 602 g/mol. The molecule has 1 aliphatic rings. The van der Waals surface area contributed by atoms with Gasteiger partial charge in [-0.25, -0.2) is 17.5 Å². The van der Waals surface area contributed by atoms with Crippen molar-refractivity contribution in [2.45, 2.75) is 50.7 Å². The van der Waals surface area contributed by atoms with Gasteiger partial charge in [-0.3, -0.25) is 14.5 Å². The minimum atomic E-state index is -4.07. The number of piperazine rings is 1. The van der Waals surface area contributed by atoms with Gasteiger partial charge in [0, 0.05) is 42.3 Å². The second kappa shape index (κ2) is 13.0. The minimum absolute atomic E-state index is 0.0163. The van der Waals surface area contributed by atoms with Crippen molar-refractivity contribution in [1.82, 2.24) is 14.5 Å². The SMILES string of the molecule is Cc1ccccc1S(=O)(=O)NC(=O)Cc1cc(Cl)ccc1OCC(=O)N1C[C@H](C)N(Cc2ccc(F)cc2)C[C@H]1C. The minimum Gasteiger partial charge on any atom is -0.483 e. The van der Waals surface area contributed by atoms with E-state index in [2.05, 4.69) is 9.62 Å². The van der Waals surface area contributed by atoms with Crippen molar-refractivity contribution in [2.75, 3.05) is 19.7 Å². The van der Waals surface area contributed by atoms with Crippen molar-refractivity contribution in [3.05, 3.63) is 94.3 Å². The van der Waals surface area contributed by atoms with Crippen molar-refractivity contribution >= 4 is 33.4 Å². The molecule has 8 nitrogen and oxygen atoms in total. The van der Waals surface area contributed by atoms with Crippen LogP contribution in [0.1, 0.15) is 30.5 Å². The zero-order valence-electron chi connectivity index (χ0n) is 23.1. The summed E-state index contributed by atoms with van der Waals surface area (Å²) in [5.41, 5.74) is 1.87. The lowest BCUT2D eigenvalue weighted by Gasteiger charge is -2.44. The summed E-state index contributed by atoms with van der Waals surface area (Å²) in [6, 6.07) is 17.4. The Labute approximate surface area is 245 Å². The summed E-state index contributed by atoms with van der Waals surface area (Å²) in [5, 5.41) is 0.341. The number of carbonyl (C=O) groups is 2. The van der Waals surface area contributed by atoms with Crippen LogP contribution < -0.4 is 9.46 Å². The second-order valence-electron chi connectivity index (χ2n) is 10.3. The number of amides is 2. The number of carbonyl (C=O) groups excluding carboxylic acids is 2. The van der Waals surface area contributed by atoms with E-state index in [0.717, 1.165) is 5.56 Å². The number of nitrogens with zero attached hydrogens (tertiary/aromatic N) is 2. The number of hydrogen-bond donors (Lipinski definition) is 1. The first-order valence-corrected chi connectivity index (χ1v) is 15.1. The standard InChI is InChI=1S/C30H33ClFN3O5S/c1-20-6-4-5-7-28(20)41(38,39)33-29(36)15-24-14-25(31)10-13-27(24)40-19-30(37)35-17-21(2)34(16-22(35)3)18-23-8-11-26(32)12-9-23/h4-14,21-22H,15-19H2,1-3H3,(H,33,36)/t21-,22+/m0/s1. The number of aryl methyl sites for hydroxylation is 1. The third kappa shape index (κ3) is 7.84. The summed E-state index contributed by atoms with van der Waals surface area (Å²) in [6.07, 6.45) is -0.315. The lowest BCUT2D eigenvalue weighted by molar-refractivity contribution is -0.139. The van der Waals surface area contributed by atoms with Crippen LogP contribution in [0.15, 0.2) is 71.6 Å². The maximum absolute atomic E-state index is 13.3. The van der Waals surface area contributed by atoms with E-state index in [0.29, 0.717) is 35.8 Å². The predicted molar refractivity (Wildman–Crippen MR) is 155 cm³/mol. The lowest BCUT2D eigenvalue weighted by Crippen LogP contribution is -2.58. The van der Waals surface area contributed by atoms with Gasteiger partial charge in [0.25, 0.3) is 15.9 Å². The van der Waals surface area contributed by atoms with E-state index in [1.165, 1.54) is 24.3 Å². The van der Waals surface area contributed by atoms with E-state index in [1.807, 2.05) is 13.8 Å². The normalized spacial score (nSPS) is 17.7. The average Bonchev–Trinajstić information content (AvgIpc) is 2.91. The summed E-state index contributed by atoms with van der Waals surface area (Å²) < 4.78 is 46.7. The topological polar surface area (TPSA) is 96.0 Å². The molecule has 0 spiro atoms. The number of sulfonamides is 1. The van der Waals surface area contributed by atoms with Crippen LogP contribution in [-0.2, 0) is 32.6 Å². The molecule has 0 bridgehead atoms. The molecule has 2 atom stereocenters. The highest BCUT2D eigenvalue weighted by Crippen LogP contribution is 2.25. The molecule has 0 aliphatic carbocycles. The second-order valence-corrected chi connectivity index (χ2v) is 12.4. The van der Waals surface area contributed by atoms with E-state index in [-0.39, 0.29) is 47.5 Å². The fraction of sp³-hybridized carbons (Fsp3) is 0.333. The van der Waals surface area contributed by atoms with E-state index in [1.54, 1.807) is 54.3 Å². The molecule has 1 aliphatic heterocycles. The molecule has 3 aromatic rings. The molecule has 0 radical (unpaired) electrons. The smallest absolute Gasteiger partial charge is 0.264 e. The summed E-state index contributed by atoms with van der Waals surface area (Å²) in [5.74, 6) is -0.978. The number of rotatable bonds is 9. The van der Waals surface area contributed by atoms with Gasteiger partial charge in [0.15, 0.2) is 6.61 Å². The molecular weight excluding hydrogens is 569 g/mol. The van der Waals surface area contributed by atoms with Crippen LogP contribution in [0.25, 0.3) is 0 Å². The zero-order chi connectivity index (χ0) is 29.7. The molecule has 0 unspecified atom stereocenters. The Bertz CT molecular complexity index is 1520. The zero-order valence-corrected chi connectivity index (χ0v) is 24.7. The molecule has 1 N–H and O–H groups in total. The van der Waals surface area contributed by atoms with Gasteiger partial charge >= 0.3 is 0 Å². The molecular formula is C30H33ClFN3O5S. The van der Waals surface area contributed by atoms with Gasteiger partial charge in [-0.1, -0.05) is 41.9 Å². The van der Waals surface area contributed by atoms with Gasteiger partial charge in [-0.05, 0) is 68.3 Å². The Hall–Kier alpha value is -3.47. The number of ether oxygens (including phenoxy) is 1. The van der Waals surface area contributed by atoms with E-state index in [4.69, 9.17) is 16.3 Å². The van der Waals surface area contributed by atoms with Gasteiger partial charge in [0.2, 0.25) is 5.91 Å². The van der Waals surface area contributed by atoms with Crippen LogP contribution in [0.4, 0.5) is 4.39 Å². The van der Waals surface area contributed by atoms with Crippen LogP contribution >= 0.6 is 11.6 Å². The van der Waals surface area contributed by atoms with Crippen LogP contribution in [-0.4, -0.2) is 61.8 Å². The monoisotopic (exact) mass is 601 g/mol. The van der Waals surface area contributed by atoms with Gasteiger partial charge in [0.1, 0.15) is 11.6 Å². The van der Waals surface area contributed by atoms with Gasteiger partial charge in [0.05, 0.1) is 11.3 Å². The Morgan fingerprint density at radius 1 is 1.02 bits per heavy atom. The van der Waals surface area contributed by atoms with Crippen LogP contribution in [0.3, 0.4) is 0 Å². The Morgan fingerprint density at radius 2 is 1.73 bits per heavy atom. The van der Waals surface area contributed by atoms with Crippen molar-refractivity contribution < 1.29 is 27.1 Å². The first kappa shape index (κ1) is 30.5. The third-order valence-corrected chi connectivity index (χ3v) is 8.86. The fourth-order valence-electron chi connectivity index (χ4n) is 4.91. The first-order chi connectivity index (χ1) is 19.4.